The van der Waals surface area contributed by atoms with Crippen LogP contribution in [-0.2, 0) is 4.79 Å². The molecule has 0 spiro atoms. The molecule has 0 unspecified atom stereocenters. The maximum atomic E-state index is 12.0. The fourth-order valence-electron chi connectivity index (χ4n) is 3.05. The summed E-state index contributed by atoms with van der Waals surface area (Å²) in [7, 11) is 0. The summed E-state index contributed by atoms with van der Waals surface area (Å²) in [5.74, 6) is -0.749. The lowest BCUT2D eigenvalue weighted by Crippen LogP contribution is -2.93. The second-order valence-corrected chi connectivity index (χ2v) is 5.40. The lowest BCUT2D eigenvalue weighted by molar-refractivity contribution is -0.689. The van der Waals surface area contributed by atoms with Gasteiger partial charge in [0.1, 0.15) is 0 Å². The zero-order chi connectivity index (χ0) is 13.2. The smallest absolute Gasteiger partial charge is 0.303 e. The second kappa shape index (κ2) is 5.13. The zero-order valence-electron chi connectivity index (χ0n) is 11.0. The van der Waals surface area contributed by atoms with E-state index in [1.54, 1.807) is 17.0 Å². The number of ketones is 1. The summed E-state index contributed by atoms with van der Waals surface area (Å²) in [5, 5.41) is 2.21. The van der Waals surface area contributed by atoms with Crippen LogP contribution < -0.4 is 10.2 Å². The normalized spacial score (nSPS) is 19.9. The maximum absolute atomic E-state index is 12.0. The third-order valence-corrected chi connectivity index (χ3v) is 4.15. The van der Waals surface area contributed by atoms with Crippen molar-refractivity contribution in [3.8, 4) is 0 Å². The Kier molecular flexibility index (Phi) is 3.34. The van der Waals surface area contributed by atoms with Crippen molar-refractivity contribution in [2.45, 2.75) is 38.1 Å². The van der Waals surface area contributed by atoms with Crippen molar-refractivity contribution in [3.05, 3.63) is 29.8 Å². The third kappa shape index (κ3) is 2.28. The van der Waals surface area contributed by atoms with Crippen molar-refractivity contribution >= 4 is 17.4 Å². The molecule has 19 heavy (non-hydrogen) atoms. The minimum atomic E-state index is -0.381. The quantitative estimate of drug-likeness (QED) is 0.826. The number of carbonyl (C=O) groups is 2. The van der Waals surface area contributed by atoms with Crippen LogP contribution in [0.3, 0.4) is 0 Å². The summed E-state index contributed by atoms with van der Waals surface area (Å²) in [6.07, 6.45) is 6.33. The molecule has 100 valence electrons. The van der Waals surface area contributed by atoms with E-state index in [1.807, 2.05) is 12.1 Å². The number of Topliss-reactive ketones (excluding diaryl/α,β-unsaturated/α-hetero) is 1. The number of nitrogens with zero attached hydrogens (tertiary/aromatic N) is 1. The van der Waals surface area contributed by atoms with Gasteiger partial charge in [-0.25, -0.2) is 0 Å². The van der Waals surface area contributed by atoms with Crippen LogP contribution in [0.5, 0.6) is 0 Å². The van der Waals surface area contributed by atoms with Crippen LogP contribution in [0.1, 0.15) is 42.5 Å². The minimum absolute atomic E-state index is 0.368. The molecule has 1 saturated carbocycles. The van der Waals surface area contributed by atoms with E-state index in [1.165, 1.54) is 32.1 Å². The number of rotatable bonds is 3. The highest BCUT2D eigenvalue weighted by Crippen LogP contribution is 2.27. The lowest BCUT2D eigenvalue weighted by Gasteiger charge is -2.23. The Labute approximate surface area is 112 Å². The molecule has 0 radical (unpaired) electrons. The largest absolute Gasteiger partial charge is 0.326 e. The highest BCUT2D eigenvalue weighted by molar-refractivity contribution is 6.52. The average molecular weight is 259 g/mol. The Morgan fingerprint density at radius 1 is 1.11 bits per heavy atom. The molecule has 4 heteroatoms. The number of benzene rings is 1. The van der Waals surface area contributed by atoms with Crippen LogP contribution in [0.15, 0.2) is 24.3 Å². The van der Waals surface area contributed by atoms with Gasteiger partial charge in [-0.1, -0.05) is 18.6 Å². The van der Waals surface area contributed by atoms with Crippen molar-refractivity contribution in [2.24, 2.45) is 0 Å². The molecule has 2 aliphatic rings. The van der Waals surface area contributed by atoms with Crippen molar-refractivity contribution in [2.75, 3.05) is 11.6 Å². The van der Waals surface area contributed by atoms with Gasteiger partial charge in [0.2, 0.25) is 0 Å². The van der Waals surface area contributed by atoms with Crippen LogP contribution >= 0.6 is 0 Å². The van der Waals surface area contributed by atoms with E-state index in [0.29, 0.717) is 18.3 Å². The molecule has 1 fully saturated rings. The predicted molar refractivity (Wildman–Crippen MR) is 71.9 cm³/mol. The molecule has 1 aromatic rings. The van der Waals surface area contributed by atoms with Crippen LogP contribution in [-0.4, -0.2) is 24.4 Å². The molecular weight excluding hydrogens is 240 g/mol. The second-order valence-electron chi connectivity index (χ2n) is 5.40. The SMILES string of the molecule is O=C1C(=O)N(C[NH2+]C2CCCCC2)c2ccccc21. The van der Waals surface area contributed by atoms with Gasteiger partial charge in [-0.05, 0) is 37.8 Å². The lowest BCUT2D eigenvalue weighted by atomic mass is 9.96. The Morgan fingerprint density at radius 3 is 2.63 bits per heavy atom. The van der Waals surface area contributed by atoms with Crippen molar-refractivity contribution in [1.29, 1.82) is 0 Å². The first-order chi connectivity index (χ1) is 9.27. The topological polar surface area (TPSA) is 54.0 Å². The number of fused-ring (bicyclic) bond motifs is 1. The van der Waals surface area contributed by atoms with Gasteiger partial charge in [0, 0.05) is 0 Å². The van der Waals surface area contributed by atoms with Gasteiger partial charge in [-0.2, -0.15) is 0 Å². The first kappa shape index (κ1) is 12.4. The van der Waals surface area contributed by atoms with E-state index >= 15 is 0 Å². The molecular formula is C15H19N2O2+. The van der Waals surface area contributed by atoms with Crippen LogP contribution in [0.2, 0.25) is 0 Å². The molecule has 1 aliphatic heterocycles. The molecule has 1 aliphatic carbocycles. The van der Waals surface area contributed by atoms with E-state index in [4.69, 9.17) is 0 Å². The van der Waals surface area contributed by atoms with Gasteiger partial charge in [0.25, 0.3) is 5.78 Å². The number of hydrogen-bond acceptors (Lipinski definition) is 2. The fraction of sp³-hybridized carbons (Fsp3) is 0.467. The Bertz CT molecular complexity index is 507. The molecule has 1 amide bonds. The number of para-hydroxylation sites is 1. The van der Waals surface area contributed by atoms with E-state index in [-0.39, 0.29) is 11.7 Å². The highest BCUT2D eigenvalue weighted by Gasteiger charge is 2.36. The van der Waals surface area contributed by atoms with Gasteiger partial charge in [-0.15, -0.1) is 0 Å². The summed E-state index contributed by atoms with van der Waals surface area (Å²) in [6, 6.07) is 7.86. The van der Waals surface area contributed by atoms with Gasteiger partial charge in [0.15, 0.2) is 6.67 Å². The van der Waals surface area contributed by atoms with Crippen LogP contribution in [0.4, 0.5) is 5.69 Å². The first-order valence-corrected chi connectivity index (χ1v) is 7.06. The molecule has 0 atom stereocenters. The molecule has 1 aromatic carbocycles. The maximum Gasteiger partial charge on any atom is 0.303 e. The number of nitrogens with two attached hydrogens (primary N) is 1. The number of quaternary nitrogens is 1. The summed E-state index contributed by atoms with van der Waals surface area (Å²) in [6.45, 7) is 0.562. The van der Waals surface area contributed by atoms with E-state index in [9.17, 15) is 9.59 Å². The van der Waals surface area contributed by atoms with Gasteiger partial charge >= 0.3 is 5.91 Å². The molecule has 0 aromatic heterocycles. The first-order valence-electron chi connectivity index (χ1n) is 7.06. The zero-order valence-corrected chi connectivity index (χ0v) is 11.0. The van der Waals surface area contributed by atoms with Crippen molar-refractivity contribution in [1.82, 2.24) is 0 Å². The number of amides is 1. The van der Waals surface area contributed by atoms with Crippen molar-refractivity contribution in [3.63, 3.8) is 0 Å². The molecule has 0 bridgehead atoms. The van der Waals surface area contributed by atoms with Gasteiger partial charge in [0.05, 0.1) is 17.3 Å². The summed E-state index contributed by atoms with van der Waals surface area (Å²) >= 11 is 0. The van der Waals surface area contributed by atoms with Crippen LogP contribution in [0.25, 0.3) is 0 Å². The van der Waals surface area contributed by atoms with Gasteiger partial charge in [-0.3, -0.25) is 14.5 Å². The number of anilines is 1. The molecule has 2 N–H and O–H groups in total. The molecule has 1 heterocycles. The standard InChI is InChI=1S/C15H18N2O2/c18-14-12-8-4-5-9-13(12)17(15(14)19)10-16-11-6-2-1-3-7-11/h4-5,8-9,11,16H,1-3,6-7,10H2/p+1. The highest BCUT2D eigenvalue weighted by atomic mass is 16.2. The molecule has 0 saturated heterocycles. The Morgan fingerprint density at radius 2 is 1.84 bits per heavy atom. The molecule has 3 rings (SSSR count). The van der Waals surface area contributed by atoms with Crippen LogP contribution in [0, 0.1) is 0 Å². The van der Waals surface area contributed by atoms with Gasteiger partial charge < -0.3 is 5.32 Å². The molecule has 4 nitrogen and oxygen atoms in total. The fourth-order valence-corrected chi connectivity index (χ4v) is 3.05. The summed E-state index contributed by atoms with van der Waals surface area (Å²) in [5.41, 5.74) is 1.31. The van der Waals surface area contributed by atoms with E-state index in [0.717, 1.165) is 5.69 Å². The Hall–Kier alpha value is -1.68. The Balaban J connectivity index is 1.71. The summed E-state index contributed by atoms with van der Waals surface area (Å²) < 4.78 is 0. The van der Waals surface area contributed by atoms with Crippen molar-refractivity contribution < 1.29 is 14.9 Å². The number of hydrogen-bond donors (Lipinski definition) is 1. The number of carbonyl (C=O) groups excluding carboxylic acids is 2. The summed E-state index contributed by atoms with van der Waals surface area (Å²) in [4.78, 5) is 25.5. The average Bonchev–Trinajstić information content (AvgIpc) is 2.71. The monoisotopic (exact) mass is 259 g/mol. The van der Waals surface area contributed by atoms with E-state index < -0.39 is 0 Å². The third-order valence-electron chi connectivity index (χ3n) is 4.15. The van der Waals surface area contributed by atoms with E-state index in [2.05, 4.69) is 5.32 Å². The minimum Gasteiger partial charge on any atom is -0.326 e. The predicted octanol–water partition coefficient (Wildman–Crippen LogP) is 1.07.